The summed E-state index contributed by atoms with van der Waals surface area (Å²) in [5, 5.41) is 3.48. The molecule has 3 nitrogen and oxygen atoms in total. The predicted octanol–water partition coefficient (Wildman–Crippen LogP) is 2.13. The van der Waals surface area contributed by atoms with Crippen molar-refractivity contribution < 1.29 is 9.47 Å². The largest absolute Gasteiger partial charge is 0.497 e. The average molecular weight is 221 g/mol. The Bertz CT molecular complexity index is 363. The molecule has 1 fully saturated rings. The lowest BCUT2D eigenvalue weighted by molar-refractivity contribution is -0.0388. The molecule has 0 aliphatic carbocycles. The molecule has 88 valence electrons. The minimum Gasteiger partial charge on any atom is -0.497 e. The highest BCUT2D eigenvalue weighted by molar-refractivity contribution is 5.31. The molecule has 1 aliphatic heterocycles. The third kappa shape index (κ3) is 2.20. The van der Waals surface area contributed by atoms with Gasteiger partial charge in [-0.25, -0.2) is 0 Å². The van der Waals surface area contributed by atoms with Crippen LogP contribution < -0.4 is 10.1 Å². The van der Waals surface area contributed by atoms with Gasteiger partial charge in [-0.05, 0) is 31.5 Å². The van der Waals surface area contributed by atoms with E-state index in [1.807, 2.05) is 18.2 Å². The molecule has 0 saturated carbocycles. The highest BCUT2D eigenvalue weighted by atomic mass is 16.5. The van der Waals surface area contributed by atoms with Crippen LogP contribution in [0.1, 0.15) is 25.5 Å². The summed E-state index contributed by atoms with van der Waals surface area (Å²) in [6, 6.07) is 8.08. The van der Waals surface area contributed by atoms with Crippen molar-refractivity contribution in [1.29, 1.82) is 0 Å². The first-order valence-corrected chi connectivity index (χ1v) is 5.64. The molecule has 1 saturated heterocycles. The molecular formula is C13H19NO2. The average Bonchev–Trinajstić information content (AvgIpc) is 2.28. The summed E-state index contributed by atoms with van der Waals surface area (Å²) in [6.07, 6.45) is 0.0800. The molecule has 1 N–H and O–H groups in total. The van der Waals surface area contributed by atoms with Crippen LogP contribution in [0.3, 0.4) is 0 Å². The molecule has 0 radical (unpaired) electrons. The summed E-state index contributed by atoms with van der Waals surface area (Å²) in [4.78, 5) is 0. The first-order valence-electron chi connectivity index (χ1n) is 5.64. The van der Waals surface area contributed by atoms with Crippen molar-refractivity contribution in [3.8, 4) is 5.75 Å². The van der Waals surface area contributed by atoms with Gasteiger partial charge in [0, 0.05) is 12.1 Å². The maximum atomic E-state index is 5.86. The fourth-order valence-electron chi connectivity index (χ4n) is 2.17. The standard InChI is InChI=1S/C13H19NO2/c1-13(2)12(16-8-7-14-13)10-5-4-6-11(9-10)15-3/h4-6,9,12,14H,7-8H2,1-3H3. The zero-order chi connectivity index (χ0) is 11.6. The van der Waals surface area contributed by atoms with E-state index in [0.29, 0.717) is 0 Å². The summed E-state index contributed by atoms with van der Waals surface area (Å²) < 4.78 is 11.1. The van der Waals surface area contributed by atoms with Gasteiger partial charge in [-0.1, -0.05) is 12.1 Å². The van der Waals surface area contributed by atoms with Gasteiger partial charge in [-0.15, -0.1) is 0 Å². The monoisotopic (exact) mass is 221 g/mol. The third-order valence-corrected chi connectivity index (χ3v) is 3.02. The number of morpholine rings is 1. The van der Waals surface area contributed by atoms with E-state index in [1.165, 1.54) is 0 Å². The minimum atomic E-state index is -0.0371. The van der Waals surface area contributed by atoms with E-state index in [-0.39, 0.29) is 11.6 Å². The normalized spacial score (nSPS) is 24.1. The fraction of sp³-hybridized carbons (Fsp3) is 0.538. The number of rotatable bonds is 2. The van der Waals surface area contributed by atoms with Crippen LogP contribution in [0.4, 0.5) is 0 Å². The van der Waals surface area contributed by atoms with E-state index in [2.05, 4.69) is 25.2 Å². The van der Waals surface area contributed by atoms with Gasteiger partial charge in [0.05, 0.1) is 13.7 Å². The van der Waals surface area contributed by atoms with Gasteiger partial charge >= 0.3 is 0 Å². The van der Waals surface area contributed by atoms with Crippen LogP contribution in [0.2, 0.25) is 0 Å². The minimum absolute atomic E-state index is 0.0371. The van der Waals surface area contributed by atoms with E-state index >= 15 is 0 Å². The summed E-state index contributed by atoms with van der Waals surface area (Å²) in [7, 11) is 1.68. The molecule has 1 aromatic rings. The highest BCUT2D eigenvalue weighted by Gasteiger charge is 2.34. The van der Waals surface area contributed by atoms with Crippen LogP contribution in [0.5, 0.6) is 5.75 Å². The van der Waals surface area contributed by atoms with Crippen LogP contribution in [0.15, 0.2) is 24.3 Å². The Kier molecular flexibility index (Phi) is 3.17. The van der Waals surface area contributed by atoms with E-state index in [9.17, 15) is 0 Å². The van der Waals surface area contributed by atoms with Crippen molar-refractivity contribution in [2.24, 2.45) is 0 Å². The number of ether oxygens (including phenoxy) is 2. The van der Waals surface area contributed by atoms with Crippen molar-refractivity contribution in [2.75, 3.05) is 20.3 Å². The number of methoxy groups -OCH3 is 1. The molecule has 0 amide bonds. The molecule has 1 unspecified atom stereocenters. The first-order chi connectivity index (χ1) is 7.63. The number of nitrogens with one attached hydrogen (secondary N) is 1. The molecule has 0 aromatic heterocycles. The molecule has 0 bridgehead atoms. The summed E-state index contributed by atoms with van der Waals surface area (Å²) in [5.74, 6) is 0.877. The molecule has 1 atom stereocenters. The zero-order valence-corrected chi connectivity index (χ0v) is 10.1. The Balaban J connectivity index is 2.27. The smallest absolute Gasteiger partial charge is 0.119 e. The molecule has 1 aromatic carbocycles. The van der Waals surface area contributed by atoms with E-state index in [0.717, 1.165) is 24.5 Å². The second-order valence-electron chi connectivity index (χ2n) is 4.68. The van der Waals surface area contributed by atoms with Crippen molar-refractivity contribution in [1.82, 2.24) is 5.32 Å². The molecule has 1 heterocycles. The van der Waals surface area contributed by atoms with Crippen molar-refractivity contribution in [3.05, 3.63) is 29.8 Å². The Labute approximate surface area is 96.8 Å². The van der Waals surface area contributed by atoms with E-state index in [1.54, 1.807) is 7.11 Å². The van der Waals surface area contributed by atoms with Crippen molar-refractivity contribution in [3.63, 3.8) is 0 Å². The molecule has 0 spiro atoms. The number of hydrogen-bond donors (Lipinski definition) is 1. The van der Waals surface area contributed by atoms with Crippen LogP contribution in [0.25, 0.3) is 0 Å². The maximum Gasteiger partial charge on any atom is 0.119 e. The molecular weight excluding hydrogens is 202 g/mol. The van der Waals surface area contributed by atoms with Gasteiger partial charge < -0.3 is 14.8 Å². The quantitative estimate of drug-likeness (QED) is 0.830. The van der Waals surface area contributed by atoms with E-state index in [4.69, 9.17) is 9.47 Å². The topological polar surface area (TPSA) is 30.5 Å². The summed E-state index contributed by atoms with van der Waals surface area (Å²) in [6.45, 7) is 5.99. The van der Waals surface area contributed by atoms with Gasteiger partial charge in [0.15, 0.2) is 0 Å². The lowest BCUT2D eigenvalue weighted by atomic mass is 9.90. The fourth-order valence-corrected chi connectivity index (χ4v) is 2.17. The third-order valence-electron chi connectivity index (χ3n) is 3.02. The Morgan fingerprint density at radius 3 is 2.94 bits per heavy atom. The highest BCUT2D eigenvalue weighted by Crippen LogP contribution is 2.32. The van der Waals surface area contributed by atoms with Crippen LogP contribution in [0, 0.1) is 0 Å². The maximum absolute atomic E-state index is 5.86. The molecule has 3 heteroatoms. The zero-order valence-electron chi connectivity index (χ0n) is 10.1. The van der Waals surface area contributed by atoms with Gasteiger partial charge in [-0.3, -0.25) is 0 Å². The van der Waals surface area contributed by atoms with Gasteiger partial charge in [0.1, 0.15) is 11.9 Å². The SMILES string of the molecule is COc1cccc(C2OCCNC2(C)C)c1. The van der Waals surface area contributed by atoms with Crippen LogP contribution >= 0.6 is 0 Å². The number of hydrogen-bond acceptors (Lipinski definition) is 3. The van der Waals surface area contributed by atoms with Crippen LogP contribution in [-0.4, -0.2) is 25.8 Å². The summed E-state index contributed by atoms with van der Waals surface area (Å²) >= 11 is 0. The Morgan fingerprint density at radius 1 is 1.44 bits per heavy atom. The lowest BCUT2D eigenvalue weighted by Gasteiger charge is -2.39. The molecule has 1 aliphatic rings. The Morgan fingerprint density at radius 2 is 2.25 bits per heavy atom. The first kappa shape index (κ1) is 11.4. The van der Waals surface area contributed by atoms with E-state index < -0.39 is 0 Å². The van der Waals surface area contributed by atoms with Gasteiger partial charge in [0.25, 0.3) is 0 Å². The predicted molar refractivity (Wildman–Crippen MR) is 63.8 cm³/mol. The van der Waals surface area contributed by atoms with Crippen molar-refractivity contribution in [2.45, 2.75) is 25.5 Å². The molecule has 16 heavy (non-hydrogen) atoms. The van der Waals surface area contributed by atoms with Crippen molar-refractivity contribution >= 4 is 0 Å². The lowest BCUT2D eigenvalue weighted by Crippen LogP contribution is -2.51. The second kappa shape index (κ2) is 4.44. The second-order valence-corrected chi connectivity index (χ2v) is 4.68. The summed E-state index contributed by atoms with van der Waals surface area (Å²) in [5.41, 5.74) is 1.13. The molecule has 2 rings (SSSR count). The number of benzene rings is 1. The van der Waals surface area contributed by atoms with Gasteiger partial charge in [0.2, 0.25) is 0 Å². The van der Waals surface area contributed by atoms with Crippen LogP contribution in [-0.2, 0) is 4.74 Å². The Hall–Kier alpha value is -1.06. The van der Waals surface area contributed by atoms with Gasteiger partial charge in [-0.2, -0.15) is 0 Å².